The number of aromatic nitrogens is 1. The van der Waals surface area contributed by atoms with Gasteiger partial charge >= 0.3 is 17.1 Å². The van der Waals surface area contributed by atoms with Crippen LogP contribution in [0.4, 0.5) is 0 Å². The third-order valence-electron chi connectivity index (χ3n) is 1.42. The van der Waals surface area contributed by atoms with E-state index < -0.39 is 0 Å². The first-order chi connectivity index (χ1) is 5.40. The molecule has 2 aromatic rings. The molecule has 0 radical (unpaired) electrons. The predicted molar refractivity (Wildman–Crippen MR) is 47.6 cm³/mol. The van der Waals surface area contributed by atoms with E-state index >= 15 is 0 Å². The summed E-state index contributed by atoms with van der Waals surface area (Å²) in [4.78, 5) is 4.21. The Labute approximate surface area is 85.3 Å². The molecule has 1 aromatic carbocycles. The van der Waals surface area contributed by atoms with Crippen molar-refractivity contribution in [3.05, 3.63) is 29.3 Å². The zero-order valence-corrected chi connectivity index (χ0v) is 7.80. The van der Waals surface area contributed by atoms with E-state index in [-0.39, 0.29) is 17.1 Å². The van der Waals surface area contributed by atoms with Crippen molar-refractivity contribution in [3.63, 3.8) is 0 Å². The molecule has 1 nitrogen and oxygen atoms in total. The molecule has 3 heteroatoms. The Balaban J connectivity index is 0.000000720. The zero-order valence-electron chi connectivity index (χ0n) is 6.04. The van der Waals surface area contributed by atoms with E-state index in [1.807, 2.05) is 24.3 Å². The molecule has 0 saturated heterocycles. The molecule has 0 saturated carbocycles. The number of benzene rings is 1. The normalized spacial score (nSPS) is 8.92. The number of fused-ring (bicyclic) bond motifs is 1. The van der Waals surface area contributed by atoms with Crippen LogP contribution in [0.5, 0.6) is 0 Å². The van der Waals surface area contributed by atoms with Crippen LogP contribution in [0.2, 0.25) is 0 Å². The van der Waals surface area contributed by atoms with Gasteiger partial charge in [-0.15, -0.1) is 17.8 Å². The summed E-state index contributed by atoms with van der Waals surface area (Å²) in [5, 5.41) is 0.756. The summed E-state index contributed by atoms with van der Waals surface area (Å²) >= 11 is 1.55. The van der Waals surface area contributed by atoms with E-state index in [2.05, 4.69) is 10.9 Å². The number of thiazole rings is 1. The van der Waals surface area contributed by atoms with E-state index in [1.54, 1.807) is 11.3 Å². The average Bonchev–Trinajstić information content (AvgIpc) is 2.46. The van der Waals surface area contributed by atoms with Crippen molar-refractivity contribution in [2.75, 3.05) is 0 Å². The van der Waals surface area contributed by atoms with E-state index in [0.29, 0.717) is 0 Å². The summed E-state index contributed by atoms with van der Waals surface area (Å²) in [7, 11) is 0. The van der Waals surface area contributed by atoms with Crippen molar-refractivity contribution in [3.8, 4) is 12.3 Å². The molecule has 1 aromatic heterocycles. The molecule has 0 spiro atoms. The molecule has 62 valence electrons. The fraction of sp³-hybridized carbons (Fsp3) is 0. The Morgan fingerprint density at radius 3 is 2.75 bits per heavy atom. The molecule has 1 heterocycles. The van der Waals surface area contributed by atoms with Crippen LogP contribution in [0.3, 0.4) is 0 Å². The maximum atomic E-state index is 5.21. The van der Waals surface area contributed by atoms with Gasteiger partial charge in [-0.3, -0.25) is 0 Å². The summed E-state index contributed by atoms with van der Waals surface area (Å²) < 4.78 is 1.15. The largest absolute Gasteiger partial charge is 1.00 e. The van der Waals surface area contributed by atoms with Gasteiger partial charge in [-0.25, -0.2) is 4.98 Å². The second-order valence-corrected chi connectivity index (χ2v) is 3.16. The van der Waals surface area contributed by atoms with Crippen molar-refractivity contribution >= 4 is 21.6 Å². The SMILES string of the molecule is C#Cc1nc2ccccc2s1.[Cu+]. The minimum Gasteiger partial charge on any atom is -0.228 e. The molecule has 0 fully saturated rings. The van der Waals surface area contributed by atoms with Gasteiger partial charge in [-0.1, -0.05) is 12.1 Å². The van der Waals surface area contributed by atoms with Gasteiger partial charge in [0.1, 0.15) is 0 Å². The van der Waals surface area contributed by atoms with Gasteiger partial charge in [-0.2, -0.15) is 0 Å². The molecule has 2 rings (SSSR count). The third kappa shape index (κ3) is 1.51. The fourth-order valence-corrected chi connectivity index (χ4v) is 1.71. The van der Waals surface area contributed by atoms with Gasteiger partial charge in [-0.05, 0) is 18.1 Å². The Kier molecular flexibility index (Phi) is 2.88. The Morgan fingerprint density at radius 2 is 2.08 bits per heavy atom. The molecule has 0 aliphatic heterocycles. The Bertz CT molecular complexity index is 394. The number of hydrogen-bond acceptors (Lipinski definition) is 2. The van der Waals surface area contributed by atoms with Crippen LogP contribution in [-0.2, 0) is 17.1 Å². The van der Waals surface area contributed by atoms with E-state index in [1.165, 1.54) is 0 Å². The van der Waals surface area contributed by atoms with E-state index in [0.717, 1.165) is 15.2 Å². The summed E-state index contributed by atoms with van der Waals surface area (Å²) in [6.07, 6.45) is 5.21. The topological polar surface area (TPSA) is 12.9 Å². The number of terminal acetylenes is 1. The maximum Gasteiger partial charge on any atom is 1.00 e. The molecular formula is C9H5CuNS+. The van der Waals surface area contributed by atoms with Gasteiger partial charge in [0.2, 0.25) is 0 Å². The van der Waals surface area contributed by atoms with Crippen LogP contribution < -0.4 is 0 Å². The zero-order chi connectivity index (χ0) is 7.68. The van der Waals surface area contributed by atoms with Crippen molar-refractivity contribution < 1.29 is 17.1 Å². The number of nitrogens with zero attached hydrogens (tertiary/aromatic N) is 1. The monoisotopic (exact) mass is 222 g/mol. The molecule has 0 amide bonds. The van der Waals surface area contributed by atoms with Crippen LogP contribution in [0.15, 0.2) is 24.3 Å². The Morgan fingerprint density at radius 1 is 1.33 bits per heavy atom. The molecule has 0 bridgehead atoms. The summed E-state index contributed by atoms with van der Waals surface area (Å²) in [5.74, 6) is 2.52. The summed E-state index contributed by atoms with van der Waals surface area (Å²) in [5.41, 5.74) is 0.991. The van der Waals surface area contributed by atoms with Crippen LogP contribution >= 0.6 is 11.3 Å². The first-order valence-corrected chi connectivity index (χ1v) is 4.04. The minimum absolute atomic E-state index is 0. The first-order valence-electron chi connectivity index (χ1n) is 3.22. The van der Waals surface area contributed by atoms with E-state index in [4.69, 9.17) is 6.42 Å². The van der Waals surface area contributed by atoms with Crippen LogP contribution in [0.25, 0.3) is 10.2 Å². The standard InChI is InChI=1S/C9H5NS.Cu/c1-2-9-10-7-5-3-4-6-8(7)11-9;/h1,3-6H;/q;+1. The first kappa shape index (κ1) is 9.28. The van der Waals surface area contributed by atoms with Gasteiger partial charge in [0, 0.05) is 0 Å². The van der Waals surface area contributed by atoms with E-state index in [9.17, 15) is 0 Å². The van der Waals surface area contributed by atoms with Crippen molar-refractivity contribution in [1.82, 2.24) is 4.98 Å². The number of para-hydroxylation sites is 1. The minimum atomic E-state index is 0. The maximum absolute atomic E-state index is 5.21. The van der Waals surface area contributed by atoms with Gasteiger partial charge in [0.25, 0.3) is 0 Å². The second kappa shape index (κ2) is 3.73. The van der Waals surface area contributed by atoms with Crippen molar-refractivity contribution in [2.24, 2.45) is 0 Å². The smallest absolute Gasteiger partial charge is 0.228 e. The molecule has 0 aliphatic rings. The van der Waals surface area contributed by atoms with Gasteiger partial charge in [0.05, 0.1) is 10.2 Å². The Hall–Kier alpha value is -0.811. The van der Waals surface area contributed by atoms with Crippen LogP contribution in [-0.4, -0.2) is 4.98 Å². The molecule has 12 heavy (non-hydrogen) atoms. The molecule has 0 atom stereocenters. The van der Waals surface area contributed by atoms with Crippen LogP contribution in [0, 0.1) is 12.3 Å². The molecule has 0 aliphatic carbocycles. The number of hydrogen-bond donors (Lipinski definition) is 0. The summed E-state index contributed by atoms with van der Waals surface area (Å²) in [6, 6.07) is 7.93. The predicted octanol–water partition coefficient (Wildman–Crippen LogP) is 2.28. The average molecular weight is 223 g/mol. The number of rotatable bonds is 0. The molecule has 0 N–H and O–H groups in total. The second-order valence-electron chi connectivity index (χ2n) is 2.13. The van der Waals surface area contributed by atoms with Gasteiger partial charge < -0.3 is 0 Å². The quantitative estimate of drug-likeness (QED) is 0.492. The van der Waals surface area contributed by atoms with Crippen molar-refractivity contribution in [1.29, 1.82) is 0 Å². The third-order valence-corrected chi connectivity index (χ3v) is 2.38. The molecule has 0 unspecified atom stereocenters. The fourth-order valence-electron chi connectivity index (χ4n) is 0.934. The van der Waals surface area contributed by atoms with Crippen LogP contribution in [0.1, 0.15) is 5.01 Å². The van der Waals surface area contributed by atoms with Gasteiger partial charge in [0.15, 0.2) is 5.01 Å². The molecular weight excluding hydrogens is 218 g/mol. The summed E-state index contributed by atoms with van der Waals surface area (Å²) in [6.45, 7) is 0. The van der Waals surface area contributed by atoms with Crippen molar-refractivity contribution in [2.45, 2.75) is 0 Å².